The van der Waals surface area contributed by atoms with Crippen molar-refractivity contribution in [2.45, 2.75) is 24.8 Å². The van der Waals surface area contributed by atoms with Gasteiger partial charge >= 0.3 is 0 Å². The van der Waals surface area contributed by atoms with Gasteiger partial charge in [-0.1, -0.05) is 30.3 Å². The average molecular weight is 497 g/mol. The molecule has 1 amide bonds. The summed E-state index contributed by atoms with van der Waals surface area (Å²) in [5, 5.41) is 2.79. The number of carbonyl (C=O) groups excluding carboxylic acids is 1. The molecule has 0 saturated heterocycles. The van der Waals surface area contributed by atoms with E-state index in [1.54, 1.807) is 0 Å². The summed E-state index contributed by atoms with van der Waals surface area (Å²) in [7, 11) is -4.12. The van der Waals surface area contributed by atoms with Gasteiger partial charge < -0.3 is 9.30 Å². The molecule has 0 aliphatic rings. The third-order valence-corrected chi connectivity index (χ3v) is 6.64. The molecule has 4 rings (SSSR count). The fourth-order valence-corrected chi connectivity index (χ4v) is 4.70. The summed E-state index contributed by atoms with van der Waals surface area (Å²) in [6, 6.07) is 18.5. The van der Waals surface area contributed by atoms with E-state index < -0.39 is 21.7 Å². The van der Waals surface area contributed by atoms with Gasteiger partial charge in [-0.05, 0) is 55.8 Å². The van der Waals surface area contributed by atoms with Crippen LogP contribution in [0.1, 0.15) is 23.7 Å². The molecule has 0 spiro atoms. The molecular formula is C25H25FN4O4S. The Morgan fingerprint density at radius 3 is 2.63 bits per heavy atom. The minimum Gasteiger partial charge on any atom is -0.382 e. The Morgan fingerprint density at radius 2 is 1.83 bits per heavy atom. The third-order valence-electron chi connectivity index (χ3n) is 5.28. The van der Waals surface area contributed by atoms with Crippen molar-refractivity contribution in [2.24, 2.45) is 0 Å². The molecule has 8 nitrogen and oxygen atoms in total. The van der Waals surface area contributed by atoms with Crippen LogP contribution in [-0.4, -0.2) is 37.1 Å². The highest BCUT2D eigenvalue weighted by molar-refractivity contribution is 7.92. The van der Waals surface area contributed by atoms with Gasteiger partial charge in [0.1, 0.15) is 5.82 Å². The minimum atomic E-state index is -4.12. The summed E-state index contributed by atoms with van der Waals surface area (Å²) in [6.45, 7) is 3.71. The van der Waals surface area contributed by atoms with Crippen LogP contribution in [0.2, 0.25) is 0 Å². The van der Waals surface area contributed by atoms with E-state index in [0.29, 0.717) is 25.7 Å². The number of anilines is 2. The first-order chi connectivity index (χ1) is 16.9. The topological polar surface area (TPSA) is 102 Å². The lowest BCUT2D eigenvalue weighted by atomic mass is 10.2. The van der Waals surface area contributed by atoms with Crippen molar-refractivity contribution in [2.75, 3.05) is 23.3 Å². The molecule has 2 N–H and O–H groups in total. The zero-order valence-electron chi connectivity index (χ0n) is 19.1. The fourth-order valence-electron chi connectivity index (χ4n) is 3.59. The lowest BCUT2D eigenvalue weighted by Gasteiger charge is -2.12. The smallest absolute Gasteiger partial charge is 0.262 e. The number of hydrogen-bond donors (Lipinski definition) is 2. The van der Waals surface area contributed by atoms with E-state index >= 15 is 0 Å². The molecule has 35 heavy (non-hydrogen) atoms. The number of halogens is 1. The number of rotatable bonds is 10. The zero-order chi connectivity index (χ0) is 24.8. The SMILES string of the molecule is CCOCCCn1c(NC(=O)c2cccc(S(=O)(=O)Nc3ccccc3F)c2)nc2ccccc21. The van der Waals surface area contributed by atoms with Gasteiger partial charge in [0.25, 0.3) is 15.9 Å². The standard InChI is InChI=1S/C25H25FN4O4S/c1-2-34-16-8-15-30-23-14-6-5-13-22(23)27-25(30)28-24(31)18-9-7-10-19(17-18)35(32,33)29-21-12-4-3-11-20(21)26/h3-7,9-14,17,29H,2,8,15-16H2,1H3,(H,27,28,31). The molecule has 182 valence electrons. The van der Waals surface area contributed by atoms with Crippen LogP contribution >= 0.6 is 0 Å². The highest BCUT2D eigenvalue weighted by Crippen LogP contribution is 2.22. The van der Waals surface area contributed by atoms with Crippen LogP contribution in [0.5, 0.6) is 0 Å². The lowest BCUT2D eigenvalue weighted by Crippen LogP contribution is -2.18. The predicted octanol–water partition coefficient (Wildman–Crippen LogP) is 4.66. The Morgan fingerprint density at radius 1 is 1.06 bits per heavy atom. The number of imidazole rings is 1. The maximum Gasteiger partial charge on any atom is 0.262 e. The van der Waals surface area contributed by atoms with Gasteiger partial charge in [0, 0.05) is 25.3 Å². The highest BCUT2D eigenvalue weighted by atomic mass is 32.2. The first-order valence-electron chi connectivity index (χ1n) is 11.1. The number of aromatic nitrogens is 2. The minimum absolute atomic E-state index is 0.120. The van der Waals surface area contributed by atoms with Gasteiger partial charge in [-0.15, -0.1) is 0 Å². The molecule has 1 aromatic heterocycles. The molecule has 3 aromatic carbocycles. The molecule has 0 aliphatic heterocycles. The Balaban J connectivity index is 1.57. The highest BCUT2D eigenvalue weighted by Gasteiger charge is 2.19. The maximum absolute atomic E-state index is 13.9. The summed E-state index contributed by atoms with van der Waals surface area (Å²) in [6.07, 6.45) is 0.729. The molecule has 0 saturated carbocycles. The normalized spacial score (nSPS) is 11.5. The molecule has 0 unspecified atom stereocenters. The molecule has 4 aromatic rings. The van der Waals surface area contributed by atoms with Crippen molar-refractivity contribution in [3.05, 3.63) is 84.2 Å². The molecular weight excluding hydrogens is 471 g/mol. The lowest BCUT2D eigenvalue weighted by molar-refractivity contribution is 0.102. The quantitative estimate of drug-likeness (QED) is 0.311. The second kappa shape index (κ2) is 10.7. The van der Waals surface area contributed by atoms with Crippen molar-refractivity contribution in [3.63, 3.8) is 0 Å². The van der Waals surface area contributed by atoms with Crippen LogP contribution in [0.3, 0.4) is 0 Å². The number of hydrogen-bond acceptors (Lipinski definition) is 5. The number of sulfonamides is 1. The molecule has 0 radical (unpaired) electrons. The number of benzene rings is 3. The number of aryl methyl sites for hydroxylation is 1. The number of fused-ring (bicyclic) bond motifs is 1. The monoisotopic (exact) mass is 496 g/mol. The van der Waals surface area contributed by atoms with Crippen LogP contribution in [-0.2, 0) is 21.3 Å². The number of nitrogens with zero attached hydrogens (tertiary/aromatic N) is 2. The van der Waals surface area contributed by atoms with E-state index in [4.69, 9.17) is 4.74 Å². The molecule has 10 heteroatoms. The van der Waals surface area contributed by atoms with Gasteiger partial charge in [0.05, 0.1) is 21.6 Å². The molecule has 0 fully saturated rings. The summed E-state index contributed by atoms with van der Waals surface area (Å²) in [5.74, 6) is -0.868. The number of amides is 1. The van der Waals surface area contributed by atoms with Gasteiger partial charge in [-0.2, -0.15) is 0 Å². The van der Waals surface area contributed by atoms with E-state index in [0.717, 1.165) is 23.5 Å². The van der Waals surface area contributed by atoms with Crippen LogP contribution in [0.4, 0.5) is 16.0 Å². The second-order valence-corrected chi connectivity index (χ2v) is 9.38. The Kier molecular flexibility index (Phi) is 7.42. The van der Waals surface area contributed by atoms with Crippen LogP contribution in [0.25, 0.3) is 11.0 Å². The maximum atomic E-state index is 13.9. The molecule has 0 aliphatic carbocycles. The van der Waals surface area contributed by atoms with Crippen LogP contribution in [0.15, 0.2) is 77.7 Å². The van der Waals surface area contributed by atoms with E-state index in [1.807, 2.05) is 35.8 Å². The van der Waals surface area contributed by atoms with Crippen LogP contribution in [0, 0.1) is 5.82 Å². The predicted molar refractivity (Wildman–Crippen MR) is 132 cm³/mol. The Hall–Kier alpha value is -3.76. The number of carbonyl (C=O) groups is 1. The first kappa shape index (κ1) is 24.4. The first-order valence-corrected chi connectivity index (χ1v) is 12.6. The van der Waals surface area contributed by atoms with Crippen LogP contribution < -0.4 is 10.0 Å². The number of para-hydroxylation sites is 3. The van der Waals surface area contributed by atoms with Gasteiger partial charge in [0.2, 0.25) is 5.95 Å². The summed E-state index contributed by atoms with van der Waals surface area (Å²) in [5.41, 5.74) is 1.53. The summed E-state index contributed by atoms with van der Waals surface area (Å²) >= 11 is 0. The van der Waals surface area contributed by atoms with E-state index in [9.17, 15) is 17.6 Å². The Labute approximate surface area is 202 Å². The van der Waals surface area contributed by atoms with E-state index in [-0.39, 0.29) is 16.1 Å². The second-order valence-electron chi connectivity index (χ2n) is 7.69. The van der Waals surface area contributed by atoms with E-state index in [2.05, 4.69) is 15.0 Å². The van der Waals surface area contributed by atoms with E-state index in [1.165, 1.54) is 42.5 Å². The van der Waals surface area contributed by atoms with Crippen molar-refractivity contribution in [1.29, 1.82) is 0 Å². The fraction of sp³-hybridized carbons (Fsp3) is 0.200. The van der Waals surface area contributed by atoms with Gasteiger partial charge in [-0.25, -0.2) is 17.8 Å². The molecule has 0 bridgehead atoms. The average Bonchev–Trinajstić information content (AvgIpc) is 3.20. The zero-order valence-corrected chi connectivity index (χ0v) is 19.9. The Bertz CT molecular complexity index is 1450. The molecule has 0 atom stereocenters. The summed E-state index contributed by atoms with van der Waals surface area (Å²) in [4.78, 5) is 17.4. The van der Waals surface area contributed by atoms with Crippen molar-refractivity contribution >= 4 is 38.6 Å². The third kappa shape index (κ3) is 5.67. The van der Waals surface area contributed by atoms with Gasteiger partial charge in [-0.3, -0.25) is 14.8 Å². The number of nitrogens with one attached hydrogen (secondary N) is 2. The summed E-state index contributed by atoms with van der Waals surface area (Å²) < 4.78 is 49.1. The largest absolute Gasteiger partial charge is 0.382 e. The van der Waals surface area contributed by atoms with Crippen molar-refractivity contribution in [3.8, 4) is 0 Å². The number of ether oxygens (including phenoxy) is 1. The van der Waals surface area contributed by atoms with Crippen molar-refractivity contribution < 1.29 is 22.3 Å². The van der Waals surface area contributed by atoms with Crippen molar-refractivity contribution in [1.82, 2.24) is 9.55 Å². The van der Waals surface area contributed by atoms with Gasteiger partial charge in [0.15, 0.2) is 0 Å². The molecule has 1 heterocycles.